The molecule has 0 spiro atoms. The van der Waals surface area contributed by atoms with Crippen LogP contribution < -0.4 is 5.56 Å². The van der Waals surface area contributed by atoms with Gasteiger partial charge in [-0.1, -0.05) is 23.2 Å². The van der Waals surface area contributed by atoms with E-state index in [-0.39, 0.29) is 27.4 Å². The summed E-state index contributed by atoms with van der Waals surface area (Å²) in [7, 11) is 0. The van der Waals surface area contributed by atoms with Crippen LogP contribution in [0.3, 0.4) is 0 Å². The van der Waals surface area contributed by atoms with Gasteiger partial charge in [0.2, 0.25) is 0 Å². The average Bonchev–Trinajstić information content (AvgIpc) is 2.44. The first kappa shape index (κ1) is 13.8. The summed E-state index contributed by atoms with van der Waals surface area (Å²) in [6.07, 6.45) is 2.16. The van der Waals surface area contributed by atoms with Crippen molar-refractivity contribution < 1.29 is 4.74 Å². The number of hydrogen-bond acceptors (Lipinski definition) is 3. The van der Waals surface area contributed by atoms with Crippen LogP contribution in [0.1, 0.15) is 40.2 Å². The Labute approximate surface area is 116 Å². The summed E-state index contributed by atoms with van der Waals surface area (Å²) in [6.45, 7) is 7.93. The Morgan fingerprint density at radius 1 is 1.39 bits per heavy atom. The predicted octanol–water partition coefficient (Wildman–Crippen LogP) is 3.07. The van der Waals surface area contributed by atoms with E-state index in [1.165, 1.54) is 10.9 Å². The molecule has 18 heavy (non-hydrogen) atoms. The van der Waals surface area contributed by atoms with Gasteiger partial charge < -0.3 is 4.74 Å². The molecule has 0 N–H and O–H groups in total. The minimum Gasteiger partial charge on any atom is -0.367 e. The fourth-order valence-corrected chi connectivity index (χ4v) is 2.88. The van der Waals surface area contributed by atoms with Gasteiger partial charge in [0.1, 0.15) is 5.02 Å². The molecule has 1 saturated heterocycles. The van der Waals surface area contributed by atoms with E-state index in [1.54, 1.807) is 0 Å². The molecule has 1 fully saturated rings. The van der Waals surface area contributed by atoms with Gasteiger partial charge in [0.15, 0.2) is 5.15 Å². The van der Waals surface area contributed by atoms with E-state index >= 15 is 0 Å². The lowest BCUT2D eigenvalue weighted by atomic mass is 9.94. The number of rotatable bonds is 1. The summed E-state index contributed by atoms with van der Waals surface area (Å²) < 4.78 is 7.48. The molecule has 1 aliphatic rings. The molecule has 1 atom stereocenters. The minimum atomic E-state index is -0.452. The highest BCUT2D eigenvalue weighted by molar-refractivity contribution is 6.40. The fourth-order valence-electron chi connectivity index (χ4n) is 2.61. The molecule has 0 amide bonds. The summed E-state index contributed by atoms with van der Waals surface area (Å²) in [4.78, 5) is 16.1. The molecule has 6 heteroatoms. The first-order valence-electron chi connectivity index (χ1n) is 5.76. The Balaban J connectivity index is 2.51. The van der Waals surface area contributed by atoms with Crippen LogP contribution in [0.25, 0.3) is 0 Å². The molecule has 2 heterocycles. The highest BCUT2D eigenvalue weighted by Crippen LogP contribution is 2.44. The van der Waals surface area contributed by atoms with Gasteiger partial charge in [-0.05, 0) is 34.1 Å². The molecule has 0 bridgehead atoms. The zero-order valence-electron chi connectivity index (χ0n) is 10.8. The minimum absolute atomic E-state index is 0.0360. The van der Waals surface area contributed by atoms with Crippen molar-refractivity contribution in [3.63, 3.8) is 0 Å². The Hall–Kier alpha value is -0.580. The molecular weight excluding hydrogens is 275 g/mol. The summed E-state index contributed by atoms with van der Waals surface area (Å²) in [5, 5.41) is -0.00595. The van der Waals surface area contributed by atoms with Crippen molar-refractivity contribution in [3.8, 4) is 0 Å². The largest absolute Gasteiger partial charge is 0.367 e. The van der Waals surface area contributed by atoms with Crippen LogP contribution in [0.15, 0.2) is 11.1 Å². The number of nitrogens with zero attached hydrogens (tertiary/aromatic N) is 2. The lowest BCUT2D eigenvalue weighted by Gasteiger charge is -2.28. The molecule has 1 aliphatic heterocycles. The van der Waals surface area contributed by atoms with Crippen molar-refractivity contribution in [2.24, 2.45) is 0 Å². The number of aromatic nitrogens is 2. The highest BCUT2D eigenvalue weighted by atomic mass is 35.5. The van der Waals surface area contributed by atoms with Gasteiger partial charge >= 0.3 is 0 Å². The highest BCUT2D eigenvalue weighted by Gasteiger charge is 2.47. The molecule has 2 rings (SSSR count). The normalized spacial score (nSPS) is 25.3. The molecule has 0 saturated carbocycles. The monoisotopic (exact) mass is 290 g/mol. The molecule has 4 nitrogen and oxygen atoms in total. The summed E-state index contributed by atoms with van der Waals surface area (Å²) in [6, 6.07) is -0.109. The maximum absolute atomic E-state index is 12.1. The quantitative estimate of drug-likeness (QED) is 0.747. The van der Waals surface area contributed by atoms with Crippen LogP contribution in [-0.2, 0) is 4.74 Å². The Morgan fingerprint density at radius 3 is 2.50 bits per heavy atom. The second-order valence-corrected chi connectivity index (χ2v) is 6.48. The molecule has 1 aromatic rings. The van der Waals surface area contributed by atoms with Crippen molar-refractivity contribution in [1.29, 1.82) is 0 Å². The van der Waals surface area contributed by atoms with E-state index in [9.17, 15) is 4.79 Å². The fraction of sp³-hybridized carbons (Fsp3) is 0.667. The van der Waals surface area contributed by atoms with E-state index < -0.39 is 5.60 Å². The van der Waals surface area contributed by atoms with Gasteiger partial charge in [0, 0.05) is 0 Å². The van der Waals surface area contributed by atoms with Gasteiger partial charge in [-0.25, -0.2) is 4.98 Å². The molecule has 100 valence electrons. The number of hydrogen-bond donors (Lipinski definition) is 0. The Bertz CT molecular complexity index is 537. The molecule has 0 aliphatic carbocycles. The molecule has 0 radical (unpaired) electrons. The van der Waals surface area contributed by atoms with Crippen LogP contribution in [0.2, 0.25) is 10.2 Å². The van der Waals surface area contributed by atoms with Crippen LogP contribution >= 0.6 is 23.2 Å². The Morgan fingerprint density at radius 2 is 2.00 bits per heavy atom. The lowest BCUT2D eigenvalue weighted by Crippen LogP contribution is -2.36. The van der Waals surface area contributed by atoms with E-state index in [1.807, 2.05) is 27.7 Å². The first-order chi connectivity index (χ1) is 8.14. The van der Waals surface area contributed by atoms with Crippen LogP contribution in [0.5, 0.6) is 0 Å². The van der Waals surface area contributed by atoms with E-state index in [0.29, 0.717) is 0 Å². The van der Waals surface area contributed by atoms with Crippen LogP contribution in [-0.4, -0.2) is 20.8 Å². The zero-order valence-corrected chi connectivity index (χ0v) is 12.3. The maximum Gasteiger partial charge on any atom is 0.274 e. The molecule has 1 aromatic heterocycles. The average molecular weight is 291 g/mol. The molecular formula is C12H16Cl2N2O2. The van der Waals surface area contributed by atoms with E-state index in [0.717, 1.165) is 6.42 Å². The summed E-state index contributed by atoms with van der Waals surface area (Å²) in [5.74, 6) is 0. The van der Waals surface area contributed by atoms with Crippen molar-refractivity contribution in [3.05, 3.63) is 26.9 Å². The predicted molar refractivity (Wildman–Crippen MR) is 71.4 cm³/mol. The smallest absolute Gasteiger partial charge is 0.274 e. The van der Waals surface area contributed by atoms with Crippen LogP contribution in [0.4, 0.5) is 0 Å². The number of ether oxygens (including phenoxy) is 1. The lowest BCUT2D eigenvalue weighted by molar-refractivity contribution is -0.0732. The van der Waals surface area contributed by atoms with Gasteiger partial charge in [0.05, 0.1) is 23.6 Å². The first-order valence-corrected chi connectivity index (χ1v) is 6.52. The van der Waals surface area contributed by atoms with Gasteiger partial charge in [-0.15, -0.1) is 0 Å². The third kappa shape index (κ3) is 2.29. The van der Waals surface area contributed by atoms with E-state index in [4.69, 9.17) is 27.9 Å². The zero-order chi connectivity index (χ0) is 13.7. The van der Waals surface area contributed by atoms with Crippen molar-refractivity contribution in [2.75, 3.05) is 0 Å². The van der Waals surface area contributed by atoms with Crippen molar-refractivity contribution >= 4 is 23.2 Å². The van der Waals surface area contributed by atoms with Gasteiger partial charge in [0.25, 0.3) is 5.56 Å². The maximum atomic E-state index is 12.1. The third-order valence-corrected chi connectivity index (χ3v) is 3.99. The summed E-state index contributed by atoms with van der Waals surface area (Å²) >= 11 is 11.6. The van der Waals surface area contributed by atoms with Gasteiger partial charge in [-0.2, -0.15) is 0 Å². The van der Waals surface area contributed by atoms with Gasteiger partial charge in [-0.3, -0.25) is 9.36 Å². The summed E-state index contributed by atoms with van der Waals surface area (Å²) in [5.41, 5.74) is -1.05. The number of halogens is 2. The van der Waals surface area contributed by atoms with Crippen molar-refractivity contribution in [2.45, 2.75) is 51.4 Å². The van der Waals surface area contributed by atoms with Crippen molar-refractivity contribution in [1.82, 2.24) is 9.55 Å². The van der Waals surface area contributed by atoms with E-state index in [2.05, 4.69) is 4.98 Å². The molecule has 1 unspecified atom stereocenters. The second-order valence-electron chi connectivity index (χ2n) is 5.75. The standard InChI is InChI=1S/C12H16Cl2N2O2/c1-11(2)5-7(12(3,4)18-11)16-6-15-9(14)8(13)10(16)17/h6-7H,5H2,1-4H3. The SMILES string of the molecule is CC1(C)CC(n2cnc(Cl)c(Cl)c2=O)C(C)(C)O1. The third-order valence-electron chi connectivity index (χ3n) is 3.26. The molecule has 0 aromatic carbocycles. The topological polar surface area (TPSA) is 44.1 Å². The second kappa shape index (κ2) is 4.22. The van der Waals surface area contributed by atoms with Crippen LogP contribution in [0, 0.1) is 0 Å². The Kier molecular flexibility index (Phi) is 3.24.